The Kier molecular flexibility index (Phi) is 7.04. The molecule has 0 N–H and O–H groups in total. The van der Waals surface area contributed by atoms with Gasteiger partial charge in [-0.05, 0) is 89.0 Å². The summed E-state index contributed by atoms with van der Waals surface area (Å²) < 4.78 is 4.98. The van der Waals surface area contributed by atoms with E-state index < -0.39 is 0 Å². The summed E-state index contributed by atoms with van der Waals surface area (Å²) in [6, 6.07) is 70.3. The van der Waals surface area contributed by atoms with E-state index in [1.807, 2.05) is 11.3 Å². The minimum absolute atomic E-state index is 1.12. The Morgan fingerprint density at radius 1 is 0.373 bits per heavy atom. The van der Waals surface area contributed by atoms with E-state index in [2.05, 4.69) is 204 Å². The van der Waals surface area contributed by atoms with Crippen molar-refractivity contribution in [2.45, 2.75) is 0 Å². The molecule has 2 aromatic heterocycles. The molecular formula is C48H32N2S. The van der Waals surface area contributed by atoms with Crippen LogP contribution in [0.2, 0.25) is 0 Å². The highest BCUT2D eigenvalue weighted by Gasteiger charge is 2.19. The maximum Gasteiger partial charge on any atom is 0.0554 e. The van der Waals surface area contributed by atoms with Crippen LogP contribution in [0, 0.1) is 0 Å². The predicted octanol–water partition coefficient (Wildman–Crippen LogP) is 14.0. The topological polar surface area (TPSA) is 8.17 Å². The van der Waals surface area contributed by atoms with Crippen molar-refractivity contribution in [1.82, 2.24) is 4.57 Å². The molecule has 0 aliphatic rings. The van der Waals surface area contributed by atoms with Crippen molar-refractivity contribution in [2.24, 2.45) is 0 Å². The van der Waals surface area contributed by atoms with Crippen molar-refractivity contribution in [3.05, 3.63) is 194 Å². The number of hydrogen-bond acceptors (Lipinski definition) is 2. The van der Waals surface area contributed by atoms with Crippen LogP contribution in [-0.4, -0.2) is 4.57 Å². The van der Waals surface area contributed by atoms with Crippen LogP contribution in [0.4, 0.5) is 17.1 Å². The lowest BCUT2D eigenvalue weighted by Gasteiger charge is -2.27. The highest BCUT2D eigenvalue weighted by molar-refractivity contribution is 7.26. The molecule has 8 aromatic carbocycles. The third-order valence-corrected chi connectivity index (χ3v) is 11.1. The zero-order chi connectivity index (χ0) is 33.7. The van der Waals surface area contributed by atoms with Crippen LogP contribution in [0.3, 0.4) is 0 Å². The number of benzene rings is 8. The lowest BCUT2D eigenvalue weighted by molar-refractivity contribution is 1.18. The first-order valence-corrected chi connectivity index (χ1v) is 18.2. The molecule has 0 amide bonds. The molecular weight excluding hydrogens is 637 g/mol. The molecule has 240 valence electrons. The van der Waals surface area contributed by atoms with E-state index in [1.54, 1.807) is 0 Å². The molecule has 0 unspecified atom stereocenters. The fraction of sp³-hybridized carbons (Fsp3) is 0. The number of para-hydroxylation sites is 2. The Balaban J connectivity index is 1.09. The number of anilines is 3. The Bertz CT molecular complexity index is 2790. The molecule has 0 saturated heterocycles. The molecule has 3 heteroatoms. The van der Waals surface area contributed by atoms with Crippen LogP contribution in [-0.2, 0) is 0 Å². The highest BCUT2D eigenvalue weighted by Crippen LogP contribution is 2.45. The van der Waals surface area contributed by atoms with Crippen molar-refractivity contribution in [3.8, 4) is 27.9 Å². The smallest absolute Gasteiger partial charge is 0.0554 e. The minimum Gasteiger partial charge on any atom is -0.310 e. The van der Waals surface area contributed by atoms with Crippen molar-refractivity contribution < 1.29 is 0 Å². The van der Waals surface area contributed by atoms with Gasteiger partial charge in [0.1, 0.15) is 0 Å². The Hall–Kier alpha value is -6.42. The second-order valence-electron chi connectivity index (χ2n) is 13.0. The summed E-state index contributed by atoms with van der Waals surface area (Å²) in [4.78, 5) is 2.41. The van der Waals surface area contributed by atoms with Crippen LogP contribution in [0.5, 0.6) is 0 Å². The molecule has 2 heterocycles. The second kappa shape index (κ2) is 12.2. The number of fused-ring (bicyclic) bond motifs is 6. The van der Waals surface area contributed by atoms with E-state index in [1.165, 1.54) is 69.9 Å². The van der Waals surface area contributed by atoms with Gasteiger partial charge in [-0.3, -0.25) is 0 Å². The van der Waals surface area contributed by atoms with Gasteiger partial charge in [-0.15, -0.1) is 11.3 Å². The summed E-state index contributed by atoms with van der Waals surface area (Å²) >= 11 is 1.86. The monoisotopic (exact) mass is 668 g/mol. The first kappa shape index (κ1) is 29.5. The van der Waals surface area contributed by atoms with Gasteiger partial charge in [0.25, 0.3) is 0 Å². The van der Waals surface area contributed by atoms with E-state index in [4.69, 9.17) is 0 Å². The zero-order valence-corrected chi connectivity index (χ0v) is 28.6. The molecule has 0 aliphatic heterocycles. The van der Waals surface area contributed by atoms with Crippen molar-refractivity contribution in [2.75, 3.05) is 4.90 Å². The number of aromatic nitrogens is 1. The van der Waals surface area contributed by atoms with Crippen LogP contribution < -0.4 is 4.90 Å². The zero-order valence-electron chi connectivity index (χ0n) is 27.8. The largest absolute Gasteiger partial charge is 0.310 e. The molecule has 0 bridgehead atoms. The van der Waals surface area contributed by atoms with E-state index in [0.717, 1.165) is 17.1 Å². The van der Waals surface area contributed by atoms with Gasteiger partial charge in [-0.1, -0.05) is 127 Å². The molecule has 0 atom stereocenters. The summed E-state index contributed by atoms with van der Waals surface area (Å²) in [5.74, 6) is 0. The molecule has 0 aliphatic carbocycles. The van der Waals surface area contributed by atoms with E-state index in [-0.39, 0.29) is 0 Å². The molecule has 0 saturated carbocycles. The first-order chi connectivity index (χ1) is 25.3. The normalized spacial score (nSPS) is 11.5. The molecule has 0 fully saturated rings. The standard InChI is InChI=1S/C48H32N2S/c1-2-12-33(13-3-1)34-24-28-37(29-25-34)49(45-21-11-23-47-48(45)42-18-6-9-22-46(42)51-47)38-30-26-35(27-31-38)36-14-10-15-39(32-36)50-43-19-7-4-16-40(43)41-17-5-8-20-44(41)50/h1-32H. The molecule has 10 aromatic rings. The van der Waals surface area contributed by atoms with Crippen molar-refractivity contribution >= 4 is 70.4 Å². The SMILES string of the molecule is c1ccc(-c2ccc(N(c3ccc(-c4cccc(-n5c6ccccc6c6ccccc65)c4)cc3)c3cccc4sc5ccccc5c34)cc2)cc1. The maximum atomic E-state index is 2.41. The number of nitrogens with zero attached hydrogens (tertiary/aromatic N) is 2. The molecule has 0 radical (unpaired) electrons. The van der Waals surface area contributed by atoms with E-state index in [0.29, 0.717) is 0 Å². The first-order valence-electron chi connectivity index (χ1n) is 17.4. The summed E-state index contributed by atoms with van der Waals surface area (Å²) in [6.45, 7) is 0. The lowest BCUT2D eigenvalue weighted by Crippen LogP contribution is -2.10. The van der Waals surface area contributed by atoms with Gasteiger partial charge in [-0.25, -0.2) is 0 Å². The number of hydrogen-bond donors (Lipinski definition) is 0. The summed E-state index contributed by atoms with van der Waals surface area (Å²) in [5.41, 5.74) is 11.8. The molecule has 0 spiro atoms. The fourth-order valence-corrected chi connectivity index (χ4v) is 8.76. The molecule has 51 heavy (non-hydrogen) atoms. The Morgan fingerprint density at radius 2 is 0.882 bits per heavy atom. The van der Waals surface area contributed by atoms with Gasteiger partial charge in [0.05, 0.1) is 16.7 Å². The van der Waals surface area contributed by atoms with Gasteiger partial charge >= 0.3 is 0 Å². The summed E-state index contributed by atoms with van der Waals surface area (Å²) in [6.07, 6.45) is 0. The van der Waals surface area contributed by atoms with Crippen molar-refractivity contribution in [3.63, 3.8) is 0 Å². The molecule has 10 rings (SSSR count). The maximum absolute atomic E-state index is 2.41. The quantitative estimate of drug-likeness (QED) is 0.171. The van der Waals surface area contributed by atoms with Crippen LogP contribution in [0.1, 0.15) is 0 Å². The van der Waals surface area contributed by atoms with Gasteiger partial charge in [0.2, 0.25) is 0 Å². The number of rotatable bonds is 6. The summed E-state index contributed by atoms with van der Waals surface area (Å²) in [5, 5.41) is 5.12. The van der Waals surface area contributed by atoms with Gasteiger partial charge in [0.15, 0.2) is 0 Å². The fourth-order valence-electron chi connectivity index (χ4n) is 7.63. The Labute approximate surface area is 300 Å². The average Bonchev–Trinajstić information content (AvgIpc) is 3.75. The average molecular weight is 669 g/mol. The summed E-state index contributed by atoms with van der Waals surface area (Å²) in [7, 11) is 0. The second-order valence-corrected chi connectivity index (χ2v) is 14.0. The third kappa shape index (κ3) is 5.01. The van der Waals surface area contributed by atoms with E-state index in [9.17, 15) is 0 Å². The lowest BCUT2D eigenvalue weighted by atomic mass is 10.0. The van der Waals surface area contributed by atoms with Crippen LogP contribution in [0.15, 0.2) is 194 Å². The number of thiophene rings is 1. The molecule has 2 nitrogen and oxygen atoms in total. The van der Waals surface area contributed by atoms with Gasteiger partial charge in [0, 0.05) is 48.0 Å². The van der Waals surface area contributed by atoms with Crippen LogP contribution >= 0.6 is 11.3 Å². The van der Waals surface area contributed by atoms with E-state index >= 15 is 0 Å². The van der Waals surface area contributed by atoms with Gasteiger partial charge in [-0.2, -0.15) is 0 Å². The van der Waals surface area contributed by atoms with Crippen LogP contribution in [0.25, 0.3) is 69.9 Å². The van der Waals surface area contributed by atoms with Gasteiger partial charge < -0.3 is 9.47 Å². The Morgan fingerprint density at radius 3 is 1.57 bits per heavy atom. The van der Waals surface area contributed by atoms with Crippen molar-refractivity contribution in [1.29, 1.82) is 0 Å². The predicted molar refractivity (Wildman–Crippen MR) is 219 cm³/mol. The third-order valence-electron chi connectivity index (χ3n) is 10.00. The minimum atomic E-state index is 1.12. The highest BCUT2D eigenvalue weighted by atomic mass is 32.1.